The van der Waals surface area contributed by atoms with Crippen LogP contribution in [-0.4, -0.2) is 51.2 Å². The molecule has 0 aliphatic heterocycles. The molecule has 0 spiro atoms. The summed E-state index contributed by atoms with van der Waals surface area (Å²) >= 11 is 1.24. The summed E-state index contributed by atoms with van der Waals surface area (Å²) in [5.74, 6) is 0. The molecule has 30 valence electrons. The average molecular weight is 132 g/mol. The second-order valence-electron chi connectivity index (χ2n) is 0.515. The van der Waals surface area contributed by atoms with Gasteiger partial charge in [0.15, 0.2) is 0 Å². The van der Waals surface area contributed by atoms with Gasteiger partial charge in [0.25, 0.3) is 0 Å². The van der Waals surface area contributed by atoms with Gasteiger partial charge in [0.05, 0.1) is 0 Å². The number of hydrogen-bond acceptors (Lipinski definition) is 2. The molecule has 3 nitrogen and oxygen atoms in total. The average Bonchev–Trinajstić information content (AvgIpc) is 0.722. The lowest BCUT2D eigenvalue weighted by atomic mass is 15.9. The van der Waals surface area contributed by atoms with Gasteiger partial charge in [-0.1, -0.05) is 0 Å². The summed E-state index contributed by atoms with van der Waals surface area (Å²) in [6, 6.07) is 0. The number of hydrogen-bond donors (Lipinski definition) is 1. The van der Waals surface area contributed by atoms with Crippen LogP contribution in [0.15, 0.2) is 0 Å². The quantitative estimate of drug-likeness (QED) is 0.325. The normalized spacial score (nSPS) is 9.50. The van der Waals surface area contributed by atoms with Crippen LogP contribution >= 0.6 is 0 Å². The van der Waals surface area contributed by atoms with Crippen LogP contribution in [0.3, 0.4) is 0 Å². The lowest BCUT2D eigenvalue weighted by molar-refractivity contribution is 0.501. The first-order valence-electron chi connectivity index (χ1n) is 0.752. The van der Waals surface area contributed by atoms with Crippen LogP contribution < -0.4 is 0 Å². The molecular formula is HAlMgO3S. The molecule has 0 heterocycles. The molecule has 0 fully saturated rings. The molecule has 0 saturated carbocycles. The van der Waals surface area contributed by atoms with E-state index in [9.17, 15) is 0 Å². The molecule has 0 aliphatic rings. The van der Waals surface area contributed by atoms with E-state index in [1.54, 1.807) is 0 Å². The molecule has 4 radical (unpaired) electrons. The predicted molar refractivity (Wildman–Crippen MR) is 23.1 cm³/mol. The first-order chi connectivity index (χ1) is 2.00. The Balaban J connectivity index is 0. The van der Waals surface area contributed by atoms with E-state index in [4.69, 9.17) is 13.0 Å². The molecular weight excluding hydrogens is 131 g/mol. The molecule has 6 heavy (non-hydrogen) atoms. The van der Waals surface area contributed by atoms with Crippen molar-refractivity contribution in [2.24, 2.45) is 0 Å². The Morgan fingerprint density at radius 1 is 1.50 bits per heavy atom. The smallest absolute Gasteiger partial charge is 0.305 e. The molecule has 6 heteroatoms. The van der Waals surface area contributed by atoms with Crippen molar-refractivity contribution in [1.29, 1.82) is 0 Å². The summed E-state index contributed by atoms with van der Waals surface area (Å²) in [7, 11) is -3.75. The fraction of sp³-hybridized carbons (Fsp3) is 0. The van der Waals surface area contributed by atoms with Gasteiger partial charge < -0.3 is 4.55 Å². The topological polar surface area (TPSA) is 54.4 Å². The van der Waals surface area contributed by atoms with Gasteiger partial charge in [-0.15, -0.1) is 0 Å². The second-order valence-corrected chi connectivity index (χ2v) is 3.33. The van der Waals surface area contributed by atoms with Crippen LogP contribution in [0.2, 0.25) is 0 Å². The molecule has 1 N–H and O–H groups in total. The predicted octanol–water partition coefficient (Wildman–Crippen LogP) is -1.42. The Morgan fingerprint density at radius 3 is 1.50 bits per heavy atom. The van der Waals surface area contributed by atoms with Crippen LogP contribution in [0.25, 0.3) is 0 Å². The standard InChI is InChI=1S/Al.Mg.HO3S/c;;1-4(2)3/h;;(H,1,2,3). The summed E-state index contributed by atoms with van der Waals surface area (Å²) in [5, 5.41) is 0. The maximum atomic E-state index is 9.15. The minimum absolute atomic E-state index is 0. The van der Waals surface area contributed by atoms with Gasteiger partial charge in [0, 0.05) is 23.1 Å². The summed E-state index contributed by atoms with van der Waals surface area (Å²) in [5.41, 5.74) is 0. The molecule has 0 aliphatic carbocycles. The highest BCUT2D eigenvalue weighted by molar-refractivity contribution is 8.07. The molecule has 0 aromatic carbocycles. The van der Waals surface area contributed by atoms with E-state index < -0.39 is 8.48 Å². The SMILES string of the molecule is O=[S](=O)(O)[Al].[Mg]. The van der Waals surface area contributed by atoms with Gasteiger partial charge in [0.2, 0.25) is 0 Å². The van der Waals surface area contributed by atoms with Crippen molar-refractivity contribution >= 4 is 46.7 Å². The van der Waals surface area contributed by atoms with Crippen LogP contribution in [0.4, 0.5) is 0 Å². The van der Waals surface area contributed by atoms with Crippen molar-refractivity contribution < 1.29 is 13.0 Å². The van der Waals surface area contributed by atoms with Crippen LogP contribution in [0.1, 0.15) is 0 Å². The van der Waals surface area contributed by atoms with Crippen molar-refractivity contribution in [2.45, 2.75) is 0 Å². The fourth-order valence-corrected chi connectivity index (χ4v) is 0. The van der Waals surface area contributed by atoms with Crippen molar-refractivity contribution in [3.63, 3.8) is 0 Å². The van der Waals surface area contributed by atoms with Gasteiger partial charge in [-0.2, -0.15) is 0 Å². The second kappa shape index (κ2) is 3.24. The zero-order valence-electron chi connectivity index (χ0n) is 2.96. The molecule has 0 amide bonds. The van der Waals surface area contributed by atoms with Gasteiger partial charge in [-0.3, -0.25) is 0 Å². The third-order valence-electron chi connectivity index (χ3n) is 0. The van der Waals surface area contributed by atoms with Gasteiger partial charge in [-0.25, -0.2) is 8.42 Å². The minimum atomic E-state index is -3.75. The first kappa shape index (κ1) is 10.2. The van der Waals surface area contributed by atoms with E-state index in [2.05, 4.69) is 0 Å². The Labute approximate surface area is 59.5 Å². The minimum Gasteiger partial charge on any atom is -0.305 e. The van der Waals surface area contributed by atoms with Crippen molar-refractivity contribution in [2.75, 3.05) is 0 Å². The lowest BCUT2D eigenvalue weighted by Gasteiger charge is -1.72. The van der Waals surface area contributed by atoms with E-state index in [-0.39, 0.29) is 23.1 Å². The maximum absolute atomic E-state index is 9.15. The Kier molecular flexibility index (Phi) is 5.53. The number of rotatable bonds is 0. The van der Waals surface area contributed by atoms with Crippen molar-refractivity contribution in [3.05, 3.63) is 0 Å². The fourth-order valence-electron chi connectivity index (χ4n) is 0. The van der Waals surface area contributed by atoms with E-state index >= 15 is 0 Å². The van der Waals surface area contributed by atoms with E-state index in [0.29, 0.717) is 0 Å². The highest BCUT2D eigenvalue weighted by atomic mass is 32.4. The molecule has 0 bridgehead atoms. The van der Waals surface area contributed by atoms with Gasteiger partial charge in [-0.05, 0) is 0 Å². The summed E-state index contributed by atoms with van der Waals surface area (Å²) in [6.07, 6.45) is 0. The van der Waals surface area contributed by atoms with Crippen LogP contribution in [0.5, 0.6) is 0 Å². The van der Waals surface area contributed by atoms with E-state index in [1.165, 1.54) is 15.2 Å². The van der Waals surface area contributed by atoms with Crippen molar-refractivity contribution in [3.8, 4) is 0 Å². The molecule has 0 unspecified atom stereocenters. The Morgan fingerprint density at radius 2 is 1.50 bits per heavy atom. The summed E-state index contributed by atoms with van der Waals surface area (Å²) < 4.78 is 25.8. The largest absolute Gasteiger partial charge is 0.398 e. The highest BCUT2D eigenvalue weighted by Crippen LogP contribution is 1.57. The Bertz CT molecular complexity index is 94.0. The zero-order valence-corrected chi connectivity index (χ0v) is 6.34. The van der Waals surface area contributed by atoms with E-state index in [1.807, 2.05) is 0 Å². The summed E-state index contributed by atoms with van der Waals surface area (Å²) in [4.78, 5) is 0. The van der Waals surface area contributed by atoms with Gasteiger partial charge >= 0.3 is 15.2 Å². The zero-order chi connectivity index (χ0) is 4.50. The molecule has 0 saturated heterocycles. The van der Waals surface area contributed by atoms with Gasteiger partial charge in [0.1, 0.15) is 8.48 Å². The maximum Gasteiger partial charge on any atom is 0.398 e. The van der Waals surface area contributed by atoms with Crippen LogP contribution in [0, 0.1) is 0 Å². The Hall–Kier alpha value is 1.21. The summed E-state index contributed by atoms with van der Waals surface area (Å²) in [6.45, 7) is 0. The lowest BCUT2D eigenvalue weighted by Crippen LogP contribution is -1.91. The van der Waals surface area contributed by atoms with E-state index in [0.717, 1.165) is 0 Å². The first-order valence-corrected chi connectivity index (χ1v) is 3.67. The molecule has 0 rings (SSSR count). The van der Waals surface area contributed by atoms with Crippen molar-refractivity contribution in [1.82, 2.24) is 0 Å². The molecule has 0 aromatic heterocycles. The third-order valence-corrected chi connectivity index (χ3v) is 0. The highest BCUT2D eigenvalue weighted by Gasteiger charge is 1.81. The molecule has 0 aromatic rings. The third kappa shape index (κ3) is 63.2. The molecule has 0 atom stereocenters. The monoisotopic (exact) mass is 132 g/mol. The van der Waals surface area contributed by atoms with Crippen LogP contribution in [-0.2, 0) is 8.48 Å².